The lowest BCUT2D eigenvalue weighted by molar-refractivity contribution is 0.00392. The summed E-state index contributed by atoms with van der Waals surface area (Å²) in [5.41, 5.74) is 9.34. The second-order valence-corrected chi connectivity index (χ2v) is 7.88. The maximum Gasteiger partial charge on any atom is 0.325 e. The smallest absolute Gasteiger partial charge is 0.325 e. The molecule has 164 valence electrons. The van der Waals surface area contributed by atoms with E-state index >= 15 is 0 Å². The van der Waals surface area contributed by atoms with Crippen LogP contribution in [0.25, 0.3) is 16.9 Å². The molecule has 1 N–H and O–H groups in total. The Balaban J connectivity index is 1.63. The van der Waals surface area contributed by atoms with E-state index in [2.05, 4.69) is 39.6 Å². The first kappa shape index (κ1) is 21.5. The Labute approximate surface area is 189 Å². The Morgan fingerprint density at radius 3 is 2.44 bits per heavy atom. The van der Waals surface area contributed by atoms with Gasteiger partial charge in [-0.05, 0) is 44.5 Å². The summed E-state index contributed by atoms with van der Waals surface area (Å²) in [6.45, 7) is 7.08. The zero-order chi connectivity index (χ0) is 22.8. The van der Waals surface area contributed by atoms with Gasteiger partial charge < -0.3 is 20.4 Å². The standard InChI is InChI=1S/C20H21ClN10O/c1-11-9-30(10-12(2)31(11)20-27-16(8-23-22)26-18(21)29-20)19-25-13(3)24-17(28-19)14-6-4-5-7-15(14)32/h4-8,11-12,32H,9-10H2,1-3H3. The van der Waals surface area contributed by atoms with Gasteiger partial charge >= 0.3 is 6.21 Å². The van der Waals surface area contributed by atoms with Gasteiger partial charge in [-0.1, -0.05) is 12.1 Å². The Morgan fingerprint density at radius 1 is 1.03 bits per heavy atom. The topological polar surface area (TPSA) is 140 Å². The van der Waals surface area contributed by atoms with Crippen LogP contribution in [0.1, 0.15) is 25.5 Å². The maximum absolute atomic E-state index is 10.2. The lowest BCUT2D eigenvalue weighted by atomic mass is 10.1. The van der Waals surface area contributed by atoms with Gasteiger partial charge in [0.15, 0.2) is 5.82 Å². The molecule has 0 spiro atoms. The molecule has 0 saturated carbocycles. The summed E-state index contributed by atoms with van der Waals surface area (Å²) in [7, 11) is 0. The average molecular weight is 453 g/mol. The molecule has 1 fully saturated rings. The lowest BCUT2D eigenvalue weighted by Crippen LogP contribution is -2.58. The molecule has 3 heterocycles. The molecule has 0 aliphatic carbocycles. The number of anilines is 2. The van der Waals surface area contributed by atoms with E-state index in [-0.39, 0.29) is 28.9 Å². The minimum absolute atomic E-state index is 0.0122. The Kier molecular flexibility index (Phi) is 5.93. The third kappa shape index (κ3) is 4.34. The molecule has 2 aromatic heterocycles. The van der Waals surface area contributed by atoms with E-state index in [4.69, 9.17) is 17.1 Å². The number of aryl methyl sites for hydroxylation is 1. The third-order valence-corrected chi connectivity index (χ3v) is 5.27. The first-order valence-corrected chi connectivity index (χ1v) is 10.4. The van der Waals surface area contributed by atoms with Crippen molar-refractivity contribution in [1.29, 1.82) is 0 Å². The van der Waals surface area contributed by atoms with Crippen LogP contribution >= 0.6 is 11.6 Å². The van der Waals surface area contributed by atoms with Crippen molar-refractivity contribution in [2.45, 2.75) is 32.9 Å². The van der Waals surface area contributed by atoms with Crippen LogP contribution in [0.3, 0.4) is 0 Å². The zero-order valence-corrected chi connectivity index (χ0v) is 18.5. The fourth-order valence-electron chi connectivity index (χ4n) is 3.85. The number of hydrogen-bond donors (Lipinski definition) is 1. The first-order chi connectivity index (χ1) is 15.4. The van der Waals surface area contributed by atoms with Crippen LogP contribution < -0.4 is 9.80 Å². The molecular formula is C20H21ClN10O. The number of para-hydroxylation sites is 1. The summed E-state index contributed by atoms with van der Waals surface area (Å²) < 4.78 is 0. The third-order valence-electron chi connectivity index (χ3n) is 5.10. The fraction of sp³-hybridized carbons (Fsp3) is 0.350. The Morgan fingerprint density at radius 2 is 1.75 bits per heavy atom. The number of aromatic nitrogens is 6. The summed E-state index contributed by atoms with van der Waals surface area (Å²) in [6.07, 6.45) is 1.11. The van der Waals surface area contributed by atoms with Gasteiger partial charge in [-0.15, -0.1) is 0 Å². The van der Waals surface area contributed by atoms with Crippen LogP contribution in [0.4, 0.5) is 11.9 Å². The molecule has 0 bridgehead atoms. The summed E-state index contributed by atoms with van der Waals surface area (Å²) in [5, 5.41) is 10.2. The van der Waals surface area contributed by atoms with Crippen molar-refractivity contribution < 1.29 is 9.90 Å². The van der Waals surface area contributed by atoms with Crippen LogP contribution in [0.5, 0.6) is 5.75 Å². The second-order valence-electron chi connectivity index (χ2n) is 7.54. The molecule has 4 rings (SSSR count). The number of nitrogens with zero attached hydrogens (tertiary/aromatic N) is 10. The van der Waals surface area contributed by atoms with E-state index in [1.807, 2.05) is 24.8 Å². The van der Waals surface area contributed by atoms with Gasteiger partial charge in [-0.2, -0.15) is 29.7 Å². The van der Waals surface area contributed by atoms with E-state index in [1.165, 1.54) is 0 Å². The summed E-state index contributed by atoms with van der Waals surface area (Å²) in [4.78, 5) is 33.2. The van der Waals surface area contributed by atoms with Gasteiger partial charge in [0.2, 0.25) is 23.0 Å². The number of hydrogen-bond acceptors (Lipinski definition) is 9. The lowest BCUT2D eigenvalue weighted by Gasteiger charge is -2.44. The van der Waals surface area contributed by atoms with Crippen LogP contribution in [-0.2, 0) is 0 Å². The normalized spacial score (nSPS) is 18.4. The SMILES string of the molecule is Cc1nc(-c2ccccc2O)nc(N2CC(C)N(c3nc(Cl)nc(C=[N+]=[N-])n3)C(C)C2)n1. The summed E-state index contributed by atoms with van der Waals surface area (Å²) >= 11 is 6.04. The second kappa shape index (κ2) is 8.81. The molecule has 11 nitrogen and oxygen atoms in total. The quantitative estimate of drug-likeness (QED) is 0.358. The van der Waals surface area contributed by atoms with Crippen LogP contribution in [0.2, 0.25) is 5.28 Å². The highest BCUT2D eigenvalue weighted by Gasteiger charge is 2.33. The van der Waals surface area contributed by atoms with Crippen molar-refractivity contribution in [3.63, 3.8) is 0 Å². The minimum Gasteiger partial charge on any atom is -0.507 e. The molecule has 32 heavy (non-hydrogen) atoms. The minimum atomic E-state index is -0.0122. The number of rotatable bonds is 4. The highest BCUT2D eigenvalue weighted by atomic mass is 35.5. The van der Waals surface area contributed by atoms with E-state index in [9.17, 15) is 5.11 Å². The first-order valence-electron chi connectivity index (χ1n) is 9.99. The highest BCUT2D eigenvalue weighted by Crippen LogP contribution is 2.28. The molecule has 0 radical (unpaired) electrons. The molecule has 2 atom stereocenters. The molecule has 2 unspecified atom stereocenters. The predicted octanol–water partition coefficient (Wildman–Crippen LogP) is 2.14. The van der Waals surface area contributed by atoms with Gasteiger partial charge in [0.25, 0.3) is 0 Å². The van der Waals surface area contributed by atoms with Crippen molar-refractivity contribution in [2.24, 2.45) is 0 Å². The number of benzene rings is 1. The maximum atomic E-state index is 10.2. The fourth-order valence-corrected chi connectivity index (χ4v) is 4.01. The van der Waals surface area contributed by atoms with Crippen molar-refractivity contribution in [1.82, 2.24) is 29.9 Å². The van der Waals surface area contributed by atoms with Gasteiger partial charge in [0.05, 0.1) is 5.56 Å². The number of phenolic OH excluding ortho intramolecular Hbond substituents is 1. The van der Waals surface area contributed by atoms with Crippen LogP contribution in [0, 0.1) is 6.92 Å². The molecule has 12 heteroatoms. The predicted molar refractivity (Wildman–Crippen MR) is 119 cm³/mol. The average Bonchev–Trinajstić information content (AvgIpc) is 2.73. The number of piperazine rings is 1. The Hall–Kier alpha value is -3.69. The van der Waals surface area contributed by atoms with Gasteiger partial charge in [0, 0.05) is 25.2 Å². The molecule has 3 aromatic rings. The number of phenols is 1. The van der Waals surface area contributed by atoms with E-state index in [0.29, 0.717) is 42.2 Å². The number of halogens is 1. The largest absolute Gasteiger partial charge is 0.507 e. The molecule has 1 aliphatic heterocycles. The molecule has 1 aromatic carbocycles. The van der Waals surface area contributed by atoms with Gasteiger partial charge in [0.1, 0.15) is 11.6 Å². The molecular weight excluding hydrogens is 432 g/mol. The summed E-state index contributed by atoms with van der Waals surface area (Å²) in [5.74, 6) is 2.21. The van der Waals surface area contributed by atoms with E-state index in [1.54, 1.807) is 25.1 Å². The monoisotopic (exact) mass is 452 g/mol. The highest BCUT2D eigenvalue weighted by molar-refractivity contribution is 6.28. The molecule has 1 aliphatic rings. The van der Waals surface area contributed by atoms with Gasteiger partial charge in [-0.3, -0.25) is 0 Å². The van der Waals surface area contributed by atoms with Crippen molar-refractivity contribution >= 4 is 29.7 Å². The van der Waals surface area contributed by atoms with Crippen molar-refractivity contribution in [3.8, 4) is 17.1 Å². The van der Waals surface area contributed by atoms with Crippen LogP contribution in [-0.4, -0.2) is 71.2 Å². The summed E-state index contributed by atoms with van der Waals surface area (Å²) in [6, 6.07) is 6.93. The van der Waals surface area contributed by atoms with Crippen molar-refractivity contribution in [2.75, 3.05) is 22.9 Å². The zero-order valence-electron chi connectivity index (χ0n) is 17.8. The van der Waals surface area contributed by atoms with E-state index in [0.717, 1.165) is 6.21 Å². The van der Waals surface area contributed by atoms with Crippen LogP contribution in [0.15, 0.2) is 24.3 Å². The molecule has 1 saturated heterocycles. The number of aromatic hydroxyl groups is 1. The Bertz CT molecular complexity index is 1190. The molecule has 0 amide bonds. The van der Waals surface area contributed by atoms with Gasteiger partial charge in [-0.25, -0.2) is 4.98 Å². The van der Waals surface area contributed by atoms with Crippen molar-refractivity contribution in [3.05, 3.63) is 46.7 Å². The van der Waals surface area contributed by atoms with E-state index < -0.39 is 0 Å².